The molecule has 0 spiro atoms. The number of nitrogens with two attached hydrogens (primary N) is 1. The molecule has 0 unspecified atom stereocenters. The molecule has 3 aromatic rings. The number of anilines is 3. The second-order valence-corrected chi connectivity index (χ2v) is 5.68. The fourth-order valence-corrected chi connectivity index (χ4v) is 2.73. The Morgan fingerprint density at radius 1 is 0.957 bits per heavy atom. The third-order valence-electron chi connectivity index (χ3n) is 3.06. The molecule has 0 fully saturated rings. The van der Waals surface area contributed by atoms with Crippen LogP contribution in [0.4, 0.5) is 29.7 Å². The van der Waals surface area contributed by atoms with Gasteiger partial charge in [-0.05, 0) is 36.4 Å². The molecule has 8 heteroatoms. The van der Waals surface area contributed by atoms with Gasteiger partial charge in [-0.1, -0.05) is 23.5 Å². The lowest BCUT2D eigenvalue weighted by Crippen LogP contribution is -2.08. The molecule has 23 heavy (non-hydrogen) atoms. The summed E-state index contributed by atoms with van der Waals surface area (Å²) in [5.41, 5.74) is 6.24. The third kappa shape index (κ3) is 3.42. The van der Waals surface area contributed by atoms with Crippen molar-refractivity contribution < 1.29 is 13.2 Å². The number of benzene rings is 2. The topological polar surface area (TPSA) is 63.8 Å². The molecule has 0 aliphatic carbocycles. The predicted octanol–water partition coefficient (Wildman–Crippen LogP) is 4.55. The molecule has 0 aliphatic heterocycles. The first-order chi connectivity index (χ1) is 10.9. The van der Waals surface area contributed by atoms with Crippen molar-refractivity contribution in [2.75, 3.05) is 11.1 Å². The summed E-state index contributed by atoms with van der Waals surface area (Å²) in [6.07, 6.45) is -4.44. The molecule has 2 aromatic carbocycles. The van der Waals surface area contributed by atoms with E-state index in [4.69, 9.17) is 5.73 Å². The number of halogens is 3. The van der Waals surface area contributed by atoms with Crippen molar-refractivity contribution in [2.45, 2.75) is 6.18 Å². The van der Waals surface area contributed by atoms with Gasteiger partial charge < -0.3 is 11.1 Å². The maximum Gasteiger partial charge on any atom is 0.418 e. The first kappa shape index (κ1) is 15.3. The van der Waals surface area contributed by atoms with Crippen LogP contribution < -0.4 is 11.1 Å². The fraction of sp³-hybridized carbons (Fsp3) is 0.0667. The summed E-state index contributed by atoms with van der Waals surface area (Å²) in [5.74, 6) is 0. The summed E-state index contributed by atoms with van der Waals surface area (Å²) in [5, 5.41) is 11.4. The molecule has 1 aromatic heterocycles. The van der Waals surface area contributed by atoms with Gasteiger partial charge in [0, 0.05) is 11.3 Å². The van der Waals surface area contributed by atoms with Crippen LogP contribution in [0, 0.1) is 0 Å². The Balaban J connectivity index is 1.87. The highest BCUT2D eigenvalue weighted by Gasteiger charge is 2.33. The molecule has 0 bridgehead atoms. The Labute approximate surface area is 133 Å². The Morgan fingerprint density at radius 2 is 1.65 bits per heavy atom. The quantitative estimate of drug-likeness (QED) is 0.689. The van der Waals surface area contributed by atoms with E-state index in [1.54, 1.807) is 24.3 Å². The summed E-state index contributed by atoms with van der Waals surface area (Å²) in [7, 11) is 0. The Morgan fingerprint density at radius 3 is 2.35 bits per heavy atom. The monoisotopic (exact) mass is 336 g/mol. The molecule has 3 N–H and O–H groups in total. The van der Waals surface area contributed by atoms with Gasteiger partial charge in [0.05, 0.1) is 11.3 Å². The number of hydrogen-bond acceptors (Lipinski definition) is 5. The number of alkyl halides is 3. The highest BCUT2D eigenvalue weighted by molar-refractivity contribution is 7.18. The van der Waals surface area contributed by atoms with Crippen LogP contribution in [0.25, 0.3) is 10.6 Å². The lowest BCUT2D eigenvalue weighted by Gasteiger charge is -2.12. The van der Waals surface area contributed by atoms with E-state index >= 15 is 0 Å². The third-order valence-corrected chi connectivity index (χ3v) is 3.94. The number of hydrogen-bond donors (Lipinski definition) is 2. The predicted molar refractivity (Wildman–Crippen MR) is 84.5 cm³/mol. The molecule has 0 amide bonds. The van der Waals surface area contributed by atoms with Crippen molar-refractivity contribution >= 4 is 27.8 Å². The highest BCUT2D eigenvalue weighted by atomic mass is 32.1. The minimum Gasteiger partial charge on any atom is -0.399 e. The Hall–Kier alpha value is -2.61. The number of para-hydroxylation sites is 1. The zero-order valence-corrected chi connectivity index (χ0v) is 12.4. The maximum atomic E-state index is 13.0. The van der Waals surface area contributed by atoms with Gasteiger partial charge in [0.15, 0.2) is 0 Å². The van der Waals surface area contributed by atoms with Gasteiger partial charge in [0.2, 0.25) is 5.13 Å². The molecule has 3 rings (SSSR count). The number of nitrogens with zero attached hydrogens (tertiary/aromatic N) is 2. The van der Waals surface area contributed by atoms with Crippen LogP contribution in [0.15, 0.2) is 48.5 Å². The smallest absolute Gasteiger partial charge is 0.399 e. The molecule has 0 radical (unpaired) electrons. The molecule has 118 valence electrons. The van der Waals surface area contributed by atoms with Gasteiger partial charge >= 0.3 is 6.18 Å². The minimum atomic E-state index is -4.44. The average Bonchev–Trinajstić information content (AvgIpc) is 2.96. The van der Waals surface area contributed by atoms with Gasteiger partial charge in [-0.3, -0.25) is 0 Å². The summed E-state index contributed by atoms with van der Waals surface area (Å²) in [6.45, 7) is 0. The van der Waals surface area contributed by atoms with E-state index in [-0.39, 0.29) is 10.8 Å². The summed E-state index contributed by atoms with van der Waals surface area (Å²) < 4.78 is 38.9. The highest BCUT2D eigenvalue weighted by Crippen LogP contribution is 2.37. The van der Waals surface area contributed by atoms with Crippen molar-refractivity contribution in [1.29, 1.82) is 0 Å². The zero-order valence-electron chi connectivity index (χ0n) is 11.6. The van der Waals surface area contributed by atoms with Crippen molar-refractivity contribution in [3.05, 3.63) is 54.1 Å². The van der Waals surface area contributed by atoms with E-state index in [2.05, 4.69) is 15.5 Å². The minimum absolute atomic E-state index is 0.0555. The Bertz CT molecular complexity index is 812. The molecule has 0 atom stereocenters. The maximum absolute atomic E-state index is 13.0. The summed E-state index contributed by atoms with van der Waals surface area (Å²) in [6, 6.07) is 12.3. The van der Waals surface area contributed by atoms with Crippen LogP contribution >= 0.6 is 11.3 Å². The Kier molecular flexibility index (Phi) is 3.91. The van der Waals surface area contributed by atoms with Gasteiger partial charge in [-0.2, -0.15) is 13.2 Å². The van der Waals surface area contributed by atoms with Gasteiger partial charge in [0.25, 0.3) is 0 Å². The first-order valence-electron chi connectivity index (χ1n) is 6.56. The summed E-state index contributed by atoms with van der Waals surface area (Å²) >= 11 is 1.16. The van der Waals surface area contributed by atoms with Crippen molar-refractivity contribution in [2.24, 2.45) is 0 Å². The lowest BCUT2D eigenvalue weighted by atomic mass is 10.2. The molecule has 1 heterocycles. The molecular formula is C15H11F3N4S. The van der Waals surface area contributed by atoms with E-state index in [0.29, 0.717) is 10.7 Å². The van der Waals surface area contributed by atoms with Crippen LogP contribution in [0.3, 0.4) is 0 Å². The molecule has 0 saturated carbocycles. The molecular weight excluding hydrogens is 325 g/mol. The van der Waals surface area contributed by atoms with E-state index < -0.39 is 11.7 Å². The normalized spacial score (nSPS) is 11.4. The van der Waals surface area contributed by atoms with E-state index in [1.165, 1.54) is 18.2 Å². The van der Waals surface area contributed by atoms with Crippen LogP contribution in [0.2, 0.25) is 0 Å². The number of nitrogen functional groups attached to an aromatic ring is 1. The fourth-order valence-electron chi connectivity index (χ4n) is 1.97. The van der Waals surface area contributed by atoms with E-state index in [0.717, 1.165) is 23.0 Å². The van der Waals surface area contributed by atoms with Gasteiger partial charge in [-0.15, -0.1) is 10.2 Å². The second-order valence-electron chi connectivity index (χ2n) is 4.70. The zero-order chi connectivity index (χ0) is 16.4. The lowest BCUT2D eigenvalue weighted by molar-refractivity contribution is -0.136. The standard InChI is InChI=1S/C15H11F3N4S/c16-15(17,18)11-3-1-2-4-12(11)20-14-22-21-13(23-14)9-5-7-10(19)8-6-9/h1-8H,19H2,(H,20,22). The molecule has 0 saturated heterocycles. The number of rotatable bonds is 3. The summed E-state index contributed by atoms with van der Waals surface area (Å²) in [4.78, 5) is 0. The van der Waals surface area contributed by atoms with E-state index in [1.807, 2.05) is 0 Å². The average molecular weight is 336 g/mol. The largest absolute Gasteiger partial charge is 0.418 e. The van der Waals surface area contributed by atoms with Gasteiger partial charge in [-0.25, -0.2) is 0 Å². The van der Waals surface area contributed by atoms with E-state index in [9.17, 15) is 13.2 Å². The van der Waals surface area contributed by atoms with Crippen molar-refractivity contribution in [3.8, 4) is 10.6 Å². The second kappa shape index (κ2) is 5.88. The SMILES string of the molecule is Nc1ccc(-c2nnc(Nc3ccccc3C(F)(F)F)s2)cc1. The van der Waals surface area contributed by atoms with Crippen molar-refractivity contribution in [3.63, 3.8) is 0 Å². The van der Waals surface area contributed by atoms with Gasteiger partial charge in [0.1, 0.15) is 5.01 Å². The number of nitrogens with one attached hydrogen (secondary N) is 1. The molecule has 0 aliphatic rings. The van der Waals surface area contributed by atoms with Crippen LogP contribution in [0.1, 0.15) is 5.56 Å². The first-order valence-corrected chi connectivity index (χ1v) is 7.38. The van der Waals surface area contributed by atoms with Crippen molar-refractivity contribution in [1.82, 2.24) is 10.2 Å². The van der Waals surface area contributed by atoms with Crippen LogP contribution in [-0.4, -0.2) is 10.2 Å². The number of aromatic nitrogens is 2. The van der Waals surface area contributed by atoms with Crippen LogP contribution in [-0.2, 0) is 6.18 Å². The van der Waals surface area contributed by atoms with Crippen LogP contribution in [0.5, 0.6) is 0 Å². The molecule has 4 nitrogen and oxygen atoms in total.